The molecule has 3 atom stereocenters. The third-order valence-corrected chi connectivity index (χ3v) is 7.98. The molecule has 8 heteroatoms. The summed E-state index contributed by atoms with van der Waals surface area (Å²) in [6.45, 7) is 9.01. The molecule has 0 aliphatic carbocycles. The Kier molecular flexibility index (Phi) is 7.56. The lowest BCUT2D eigenvalue weighted by Gasteiger charge is -2.32. The van der Waals surface area contributed by atoms with Gasteiger partial charge in [-0.3, -0.25) is 9.69 Å². The van der Waals surface area contributed by atoms with Gasteiger partial charge in [-0.05, 0) is 80.3 Å². The largest absolute Gasteiger partial charge is 0.505 e. The van der Waals surface area contributed by atoms with Crippen LogP contribution in [0, 0.1) is 11.7 Å². The van der Waals surface area contributed by atoms with Crippen LogP contribution in [0.5, 0.6) is 17.2 Å². The van der Waals surface area contributed by atoms with Crippen LogP contribution in [-0.4, -0.2) is 41.7 Å². The van der Waals surface area contributed by atoms with E-state index in [9.17, 15) is 9.90 Å². The standard InChI is InChI=1S/C31H32ClFN2O4/c1-17-12-13-35(15-17)18(2)16-38-22-7-4-20(5-8-22)30-27(23-9-6-21(31(34)37)14-24(23)32)19(3)28-26(39-30)11-10-25(36)29(28)33/h4-11,14,17-18,30,36H,12-13,15-16H2,1-3H3,(H2,34,37)/t17-,18+,30?/m1/s1. The normalized spacial score (nSPS) is 19.9. The maximum Gasteiger partial charge on any atom is 0.248 e. The third kappa shape index (κ3) is 5.34. The Morgan fingerprint density at radius 3 is 2.62 bits per heavy atom. The number of carbonyl (C=O) groups excluding carboxylic acids is 1. The predicted molar refractivity (Wildman–Crippen MR) is 151 cm³/mol. The number of carbonyl (C=O) groups is 1. The quantitative estimate of drug-likeness (QED) is 0.353. The van der Waals surface area contributed by atoms with Gasteiger partial charge in [0.2, 0.25) is 5.91 Å². The van der Waals surface area contributed by atoms with Crippen LogP contribution in [0.1, 0.15) is 60.3 Å². The van der Waals surface area contributed by atoms with Crippen LogP contribution in [0.25, 0.3) is 11.1 Å². The average Bonchev–Trinajstić information content (AvgIpc) is 3.36. The number of aromatic hydroxyl groups is 1. The van der Waals surface area contributed by atoms with Crippen LogP contribution in [0.2, 0.25) is 5.02 Å². The Balaban J connectivity index is 1.47. The fourth-order valence-electron chi connectivity index (χ4n) is 5.41. The first kappa shape index (κ1) is 27.0. The number of phenols is 1. The highest BCUT2D eigenvalue weighted by Crippen LogP contribution is 2.49. The Morgan fingerprint density at radius 2 is 1.97 bits per heavy atom. The number of nitrogens with two attached hydrogens (primary N) is 1. The zero-order valence-corrected chi connectivity index (χ0v) is 23.0. The molecule has 3 aromatic carbocycles. The van der Waals surface area contributed by atoms with Crippen molar-refractivity contribution in [2.24, 2.45) is 11.7 Å². The van der Waals surface area contributed by atoms with Crippen LogP contribution < -0.4 is 15.2 Å². The lowest BCUT2D eigenvalue weighted by molar-refractivity contribution is 0.1000. The van der Waals surface area contributed by atoms with E-state index in [1.807, 2.05) is 24.3 Å². The molecule has 3 aromatic rings. The summed E-state index contributed by atoms with van der Waals surface area (Å²) in [7, 11) is 0. The fourth-order valence-corrected chi connectivity index (χ4v) is 5.69. The molecule has 0 bridgehead atoms. The van der Waals surface area contributed by atoms with Crippen LogP contribution in [-0.2, 0) is 0 Å². The van der Waals surface area contributed by atoms with Gasteiger partial charge < -0.3 is 20.3 Å². The summed E-state index contributed by atoms with van der Waals surface area (Å²) in [5.74, 6) is -0.0570. The Morgan fingerprint density at radius 1 is 1.23 bits per heavy atom. The van der Waals surface area contributed by atoms with E-state index < -0.39 is 23.6 Å². The van der Waals surface area contributed by atoms with Crippen molar-refractivity contribution in [1.29, 1.82) is 0 Å². The van der Waals surface area contributed by atoms with Crippen molar-refractivity contribution in [3.05, 3.63) is 87.7 Å². The second-order valence-electron chi connectivity index (χ2n) is 10.5. The van der Waals surface area contributed by atoms with Crippen molar-refractivity contribution in [2.75, 3.05) is 19.7 Å². The molecule has 3 N–H and O–H groups in total. The maximum absolute atomic E-state index is 15.1. The Bertz CT molecular complexity index is 1440. The number of amides is 1. The average molecular weight is 551 g/mol. The number of halogens is 2. The number of benzene rings is 3. The number of hydrogen-bond donors (Lipinski definition) is 2. The van der Waals surface area contributed by atoms with Gasteiger partial charge in [0.1, 0.15) is 24.2 Å². The highest BCUT2D eigenvalue weighted by atomic mass is 35.5. The van der Waals surface area contributed by atoms with Gasteiger partial charge in [-0.25, -0.2) is 4.39 Å². The number of likely N-dealkylation sites (tertiary alicyclic amines) is 1. The molecule has 1 fully saturated rings. The summed E-state index contributed by atoms with van der Waals surface area (Å²) in [6, 6.07) is 15.5. The molecular formula is C31H32ClFN2O4. The molecule has 0 aromatic heterocycles. The number of hydrogen-bond acceptors (Lipinski definition) is 5. The zero-order valence-electron chi connectivity index (χ0n) is 22.2. The summed E-state index contributed by atoms with van der Waals surface area (Å²) in [4.78, 5) is 14.1. The summed E-state index contributed by atoms with van der Waals surface area (Å²) in [6.07, 6.45) is 0.592. The molecule has 2 aliphatic rings. The van der Waals surface area contributed by atoms with E-state index in [4.69, 9.17) is 26.8 Å². The molecule has 1 saturated heterocycles. The summed E-state index contributed by atoms with van der Waals surface area (Å²) >= 11 is 6.62. The van der Waals surface area contributed by atoms with E-state index in [1.165, 1.54) is 18.6 Å². The van der Waals surface area contributed by atoms with Crippen LogP contribution >= 0.6 is 11.6 Å². The molecule has 39 heavy (non-hydrogen) atoms. The second-order valence-corrected chi connectivity index (χ2v) is 10.9. The fraction of sp³-hybridized carbons (Fsp3) is 0.323. The molecule has 2 heterocycles. The van der Waals surface area contributed by atoms with Gasteiger partial charge in [0.15, 0.2) is 11.6 Å². The minimum atomic E-state index is -0.768. The monoisotopic (exact) mass is 550 g/mol. The van der Waals surface area contributed by atoms with Crippen molar-refractivity contribution in [3.8, 4) is 17.2 Å². The minimum Gasteiger partial charge on any atom is -0.505 e. The SMILES string of the molecule is CC1=C(c2ccc(C(N)=O)cc2Cl)C(c2ccc(OC[C@H](C)N3CC[C@@H](C)C3)cc2)Oc2ccc(O)c(F)c21. The van der Waals surface area contributed by atoms with Gasteiger partial charge in [-0.1, -0.05) is 36.7 Å². The number of ether oxygens (including phenoxy) is 2. The number of allylic oxidation sites excluding steroid dienone is 1. The van der Waals surface area contributed by atoms with Crippen LogP contribution in [0.15, 0.2) is 54.6 Å². The van der Waals surface area contributed by atoms with Gasteiger partial charge >= 0.3 is 0 Å². The second kappa shape index (κ2) is 10.9. The first-order valence-electron chi connectivity index (χ1n) is 13.1. The summed E-state index contributed by atoms with van der Waals surface area (Å²) in [5.41, 5.74) is 8.44. The van der Waals surface area contributed by atoms with Gasteiger partial charge in [0.25, 0.3) is 0 Å². The van der Waals surface area contributed by atoms with Crippen molar-refractivity contribution >= 4 is 28.7 Å². The van der Waals surface area contributed by atoms with Gasteiger partial charge in [-0.2, -0.15) is 0 Å². The zero-order chi connectivity index (χ0) is 27.8. The van der Waals surface area contributed by atoms with Crippen LogP contribution in [0.4, 0.5) is 4.39 Å². The lowest BCUT2D eigenvalue weighted by Crippen LogP contribution is -2.35. The third-order valence-electron chi connectivity index (χ3n) is 7.67. The smallest absolute Gasteiger partial charge is 0.248 e. The number of phenolic OH excluding ortho intramolecular Hbond substituents is 1. The molecular weight excluding hydrogens is 519 g/mol. The maximum atomic E-state index is 15.1. The molecule has 0 spiro atoms. The number of fused-ring (bicyclic) bond motifs is 1. The van der Waals surface area contributed by atoms with E-state index >= 15 is 4.39 Å². The van der Waals surface area contributed by atoms with E-state index in [0.29, 0.717) is 35.1 Å². The molecule has 6 nitrogen and oxygen atoms in total. The summed E-state index contributed by atoms with van der Waals surface area (Å²) < 4.78 is 27.5. The van der Waals surface area contributed by atoms with Crippen molar-refractivity contribution in [1.82, 2.24) is 4.90 Å². The Hall–Kier alpha value is -3.55. The molecule has 1 unspecified atom stereocenters. The van der Waals surface area contributed by atoms with Crippen molar-refractivity contribution < 1.29 is 23.8 Å². The number of primary amides is 1. The molecule has 204 valence electrons. The Labute approximate surface area is 232 Å². The van der Waals surface area contributed by atoms with Gasteiger partial charge in [-0.15, -0.1) is 0 Å². The van der Waals surface area contributed by atoms with E-state index in [-0.39, 0.29) is 16.1 Å². The molecule has 5 rings (SSSR count). The predicted octanol–water partition coefficient (Wildman–Crippen LogP) is 6.46. The first-order valence-corrected chi connectivity index (χ1v) is 13.5. The first-order chi connectivity index (χ1) is 18.6. The molecule has 0 radical (unpaired) electrons. The van der Waals surface area contributed by atoms with Gasteiger partial charge in [0, 0.05) is 34.3 Å². The number of nitrogens with zero attached hydrogens (tertiary/aromatic N) is 1. The van der Waals surface area contributed by atoms with E-state index in [1.54, 1.807) is 25.1 Å². The van der Waals surface area contributed by atoms with E-state index in [0.717, 1.165) is 30.3 Å². The number of rotatable bonds is 7. The minimum absolute atomic E-state index is 0.168. The molecule has 1 amide bonds. The van der Waals surface area contributed by atoms with Crippen molar-refractivity contribution in [2.45, 2.75) is 39.3 Å². The lowest BCUT2D eigenvalue weighted by atomic mass is 9.85. The highest BCUT2D eigenvalue weighted by Gasteiger charge is 2.33. The highest BCUT2D eigenvalue weighted by molar-refractivity contribution is 6.33. The van der Waals surface area contributed by atoms with Gasteiger partial charge in [0.05, 0.1) is 5.56 Å². The topological polar surface area (TPSA) is 85.0 Å². The summed E-state index contributed by atoms with van der Waals surface area (Å²) in [5, 5.41) is 10.3. The van der Waals surface area contributed by atoms with E-state index in [2.05, 4.69) is 18.7 Å². The molecule has 2 aliphatic heterocycles. The van der Waals surface area contributed by atoms with Crippen LogP contribution in [0.3, 0.4) is 0 Å². The molecule has 0 saturated carbocycles. The van der Waals surface area contributed by atoms with Crippen molar-refractivity contribution in [3.63, 3.8) is 0 Å².